The molecule has 2 aromatic rings. The molecule has 0 saturated heterocycles. The minimum Gasteiger partial charge on any atom is -0.301 e. The lowest BCUT2D eigenvalue weighted by Gasteiger charge is -2.12. The van der Waals surface area contributed by atoms with Gasteiger partial charge < -0.3 is 5.32 Å². The highest BCUT2D eigenvalue weighted by Gasteiger charge is 2.03. The molecular weight excluding hydrogens is 297 g/mol. The van der Waals surface area contributed by atoms with Gasteiger partial charge in [-0.3, -0.25) is 0 Å². The molecule has 1 atom stereocenters. The number of nitrogens with one attached hydrogen (secondary N) is 1. The number of benzene rings is 2. The molecule has 0 heterocycles. The third-order valence-electron chi connectivity index (χ3n) is 2.66. The molecule has 2 heteroatoms. The maximum atomic E-state index is 3.41. The van der Waals surface area contributed by atoms with Crippen LogP contribution < -0.4 is 5.32 Å². The average Bonchev–Trinajstić information content (AvgIpc) is 2.29. The first-order valence-corrected chi connectivity index (χ1v) is 6.62. The van der Waals surface area contributed by atoms with Crippen molar-refractivity contribution in [1.82, 2.24) is 5.32 Å². The summed E-state index contributed by atoms with van der Waals surface area (Å²) < 4.78 is 0.978. The molecule has 0 amide bonds. The van der Waals surface area contributed by atoms with Gasteiger partial charge in [-0.2, -0.15) is 0 Å². The van der Waals surface area contributed by atoms with Gasteiger partial charge in [-0.05, 0) is 29.3 Å². The van der Waals surface area contributed by atoms with Crippen LogP contribution in [0.5, 0.6) is 0 Å². The Morgan fingerprint density at radius 1 is 1.13 bits per heavy atom. The van der Waals surface area contributed by atoms with Crippen molar-refractivity contribution in [1.29, 1.82) is 0 Å². The topological polar surface area (TPSA) is 12.0 Å². The molecule has 0 aliphatic carbocycles. The maximum absolute atomic E-state index is 3.41. The normalized spacial score (nSPS) is 12.9. The highest BCUT2D eigenvalue weighted by atomic mass is 127. The first-order chi connectivity index (χ1) is 7.31. The molecule has 2 rings (SSSR count). The minimum absolute atomic E-state index is 0.423. The number of fused-ring (bicyclic) bond motifs is 1. The van der Waals surface area contributed by atoms with Gasteiger partial charge in [-0.25, -0.2) is 0 Å². The van der Waals surface area contributed by atoms with Crippen molar-refractivity contribution in [3.05, 3.63) is 48.0 Å². The molecule has 0 aliphatic rings. The van der Waals surface area contributed by atoms with Gasteiger partial charge in [-0.15, -0.1) is 0 Å². The van der Waals surface area contributed by atoms with Crippen molar-refractivity contribution in [2.24, 2.45) is 0 Å². The molecule has 0 spiro atoms. The Bertz CT molecular complexity index is 453. The summed E-state index contributed by atoms with van der Waals surface area (Å²) in [5, 5.41) is 6.04. The van der Waals surface area contributed by atoms with E-state index in [4.69, 9.17) is 0 Å². The van der Waals surface area contributed by atoms with E-state index in [2.05, 4.69) is 77.3 Å². The van der Waals surface area contributed by atoms with Gasteiger partial charge in [0.2, 0.25) is 0 Å². The third-order valence-corrected chi connectivity index (χ3v) is 3.10. The molecule has 78 valence electrons. The predicted octanol–water partition coefficient (Wildman–Crippen LogP) is 3.88. The van der Waals surface area contributed by atoms with Crippen molar-refractivity contribution in [3.63, 3.8) is 0 Å². The third kappa shape index (κ3) is 2.49. The maximum Gasteiger partial charge on any atom is 0.0484 e. The highest BCUT2D eigenvalue weighted by molar-refractivity contribution is 14.1. The van der Waals surface area contributed by atoms with Crippen LogP contribution in [-0.2, 0) is 0 Å². The van der Waals surface area contributed by atoms with Crippen LogP contribution in [0.25, 0.3) is 10.8 Å². The van der Waals surface area contributed by atoms with Crippen molar-refractivity contribution < 1.29 is 0 Å². The quantitative estimate of drug-likeness (QED) is 0.515. The van der Waals surface area contributed by atoms with Crippen LogP contribution in [0.2, 0.25) is 0 Å². The van der Waals surface area contributed by atoms with E-state index in [0.29, 0.717) is 6.04 Å². The molecule has 0 bridgehead atoms. The fourth-order valence-electron chi connectivity index (χ4n) is 1.71. The van der Waals surface area contributed by atoms with Crippen LogP contribution in [0.3, 0.4) is 0 Å². The van der Waals surface area contributed by atoms with Crippen molar-refractivity contribution in [2.75, 3.05) is 4.55 Å². The zero-order valence-electron chi connectivity index (χ0n) is 8.70. The van der Waals surface area contributed by atoms with E-state index >= 15 is 0 Å². The number of hydrogen-bond donors (Lipinski definition) is 1. The first kappa shape index (κ1) is 10.9. The molecule has 0 aliphatic heterocycles. The van der Waals surface area contributed by atoms with Crippen LogP contribution in [0, 0.1) is 0 Å². The number of rotatable bonds is 3. The van der Waals surface area contributed by atoms with Crippen molar-refractivity contribution >= 4 is 33.4 Å². The Morgan fingerprint density at radius 2 is 1.87 bits per heavy atom. The molecule has 1 N–H and O–H groups in total. The molecule has 2 aromatic carbocycles. The summed E-state index contributed by atoms with van der Waals surface area (Å²) in [4.78, 5) is 0. The van der Waals surface area contributed by atoms with Gasteiger partial charge in [0.1, 0.15) is 0 Å². The van der Waals surface area contributed by atoms with E-state index in [0.717, 1.165) is 4.55 Å². The van der Waals surface area contributed by atoms with E-state index in [1.807, 2.05) is 0 Å². The van der Waals surface area contributed by atoms with E-state index in [9.17, 15) is 0 Å². The van der Waals surface area contributed by atoms with Crippen LogP contribution in [0.4, 0.5) is 0 Å². The van der Waals surface area contributed by atoms with Crippen molar-refractivity contribution in [3.8, 4) is 0 Å². The molecule has 0 fully saturated rings. The Morgan fingerprint density at radius 3 is 2.60 bits per heavy atom. The van der Waals surface area contributed by atoms with Gasteiger partial charge in [0, 0.05) is 10.6 Å². The summed E-state index contributed by atoms with van der Waals surface area (Å²) in [6.07, 6.45) is 0. The fourth-order valence-corrected chi connectivity index (χ4v) is 2.37. The van der Waals surface area contributed by atoms with E-state index in [1.165, 1.54) is 16.3 Å². The molecule has 0 saturated carbocycles. The first-order valence-electron chi connectivity index (χ1n) is 5.09. The number of alkyl halides is 1. The monoisotopic (exact) mass is 311 g/mol. The Balaban J connectivity index is 2.38. The van der Waals surface area contributed by atoms with E-state index in [-0.39, 0.29) is 0 Å². The van der Waals surface area contributed by atoms with Gasteiger partial charge in [0.15, 0.2) is 0 Å². The number of halogens is 1. The summed E-state index contributed by atoms with van der Waals surface area (Å²) in [7, 11) is 0. The standard InChI is InChI=1S/C13H14IN/c1-10(15-9-14)12-7-6-11-4-2-3-5-13(11)8-12/h2-8,10,15H,9H2,1H3/t10-/m1/s1. The second-order valence-electron chi connectivity index (χ2n) is 3.67. The SMILES string of the molecule is C[C@@H](NCI)c1ccc2ccccc2c1. The Hall–Kier alpha value is -0.610. The summed E-state index contributed by atoms with van der Waals surface area (Å²) in [6.45, 7) is 2.20. The molecule has 0 radical (unpaired) electrons. The molecule has 0 aromatic heterocycles. The smallest absolute Gasteiger partial charge is 0.0484 e. The second kappa shape index (κ2) is 4.94. The Kier molecular flexibility index (Phi) is 3.59. The highest BCUT2D eigenvalue weighted by Crippen LogP contribution is 2.20. The lowest BCUT2D eigenvalue weighted by molar-refractivity contribution is 0.647. The zero-order valence-corrected chi connectivity index (χ0v) is 10.9. The summed E-state index contributed by atoms with van der Waals surface area (Å²) in [5.74, 6) is 0. The largest absolute Gasteiger partial charge is 0.301 e. The summed E-state index contributed by atoms with van der Waals surface area (Å²) in [6, 6.07) is 15.6. The summed E-state index contributed by atoms with van der Waals surface area (Å²) in [5.41, 5.74) is 1.35. The van der Waals surface area contributed by atoms with Gasteiger partial charge >= 0.3 is 0 Å². The summed E-state index contributed by atoms with van der Waals surface area (Å²) >= 11 is 2.34. The molecule has 15 heavy (non-hydrogen) atoms. The van der Waals surface area contributed by atoms with Gasteiger partial charge in [0.05, 0.1) is 0 Å². The minimum atomic E-state index is 0.423. The Labute approximate surface area is 104 Å². The van der Waals surface area contributed by atoms with Crippen LogP contribution >= 0.6 is 22.6 Å². The van der Waals surface area contributed by atoms with Gasteiger partial charge in [0.25, 0.3) is 0 Å². The van der Waals surface area contributed by atoms with E-state index in [1.54, 1.807) is 0 Å². The zero-order chi connectivity index (χ0) is 10.7. The van der Waals surface area contributed by atoms with Crippen LogP contribution in [-0.4, -0.2) is 4.55 Å². The van der Waals surface area contributed by atoms with Gasteiger partial charge in [-0.1, -0.05) is 59.0 Å². The number of hydrogen-bond acceptors (Lipinski definition) is 1. The lowest BCUT2D eigenvalue weighted by Crippen LogP contribution is -2.15. The second-order valence-corrected chi connectivity index (χ2v) is 4.43. The van der Waals surface area contributed by atoms with E-state index < -0.39 is 0 Å². The van der Waals surface area contributed by atoms with Crippen LogP contribution in [0.15, 0.2) is 42.5 Å². The molecular formula is C13H14IN. The fraction of sp³-hybridized carbons (Fsp3) is 0.231. The van der Waals surface area contributed by atoms with Crippen molar-refractivity contribution in [2.45, 2.75) is 13.0 Å². The average molecular weight is 311 g/mol. The molecule has 1 nitrogen and oxygen atoms in total. The lowest BCUT2D eigenvalue weighted by atomic mass is 10.0. The predicted molar refractivity (Wildman–Crippen MR) is 74.4 cm³/mol. The molecule has 0 unspecified atom stereocenters. The van der Waals surface area contributed by atoms with Crippen LogP contribution in [0.1, 0.15) is 18.5 Å².